The van der Waals surface area contributed by atoms with Crippen molar-refractivity contribution in [1.29, 1.82) is 0 Å². The molecule has 0 spiro atoms. The van der Waals surface area contributed by atoms with E-state index in [4.69, 9.17) is 5.21 Å². The molecule has 15 heavy (non-hydrogen) atoms. The highest BCUT2D eigenvalue weighted by atomic mass is 16.5. The van der Waals surface area contributed by atoms with Gasteiger partial charge in [0.2, 0.25) is 0 Å². The van der Waals surface area contributed by atoms with E-state index in [1.807, 2.05) is 6.07 Å². The molecule has 0 aliphatic carbocycles. The number of rotatable bonds is 3. The average Bonchev–Trinajstić information content (AvgIpc) is 2.66. The molecule has 2 N–H and O–H groups in total. The van der Waals surface area contributed by atoms with Gasteiger partial charge in [0.05, 0.1) is 0 Å². The van der Waals surface area contributed by atoms with E-state index in [2.05, 4.69) is 35.6 Å². The molecular weight excluding hydrogens is 188 g/mol. The number of nitrogens with zero attached hydrogens (tertiary/aromatic N) is 1. The van der Waals surface area contributed by atoms with Gasteiger partial charge in [-0.2, -0.15) is 0 Å². The summed E-state index contributed by atoms with van der Waals surface area (Å²) in [6.07, 6.45) is 1.22. The smallest absolute Gasteiger partial charge is 0.0460 e. The number of nitrogens with one attached hydrogen (secondary N) is 1. The van der Waals surface area contributed by atoms with Gasteiger partial charge in [-0.1, -0.05) is 24.3 Å². The van der Waals surface area contributed by atoms with E-state index in [0.29, 0.717) is 12.5 Å². The van der Waals surface area contributed by atoms with E-state index in [-0.39, 0.29) is 0 Å². The molecule has 1 unspecified atom stereocenters. The van der Waals surface area contributed by atoms with Crippen LogP contribution in [-0.2, 0) is 6.54 Å². The topological polar surface area (TPSA) is 35.5 Å². The number of likely N-dealkylation sites (tertiary alicyclic amines) is 1. The Kier molecular flexibility index (Phi) is 3.36. The van der Waals surface area contributed by atoms with Gasteiger partial charge in [-0.15, -0.1) is 0 Å². The summed E-state index contributed by atoms with van der Waals surface area (Å²) in [5.74, 6) is 0.625. The maximum absolute atomic E-state index is 8.78. The Morgan fingerprint density at radius 1 is 1.47 bits per heavy atom. The summed E-state index contributed by atoms with van der Waals surface area (Å²) >= 11 is 0. The predicted molar refractivity (Wildman–Crippen MR) is 59.9 cm³/mol. The molecule has 82 valence electrons. The number of hydrogen-bond donors (Lipinski definition) is 2. The Morgan fingerprint density at radius 2 is 2.27 bits per heavy atom. The lowest BCUT2D eigenvalue weighted by Gasteiger charge is -2.15. The number of hydrogen-bond acceptors (Lipinski definition) is 3. The molecule has 1 aromatic rings. The standard InChI is InChI=1S/C12H18N2O/c1-14-7-6-11(9-14)12-5-3-2-4-10(12)8-13-15/h2-5,11,13,15H,6-9H2,1H3. The normalized spacial score (nSPS) is 22.1. The van der Waals surface area contributed by atoms with Crippen LogP contribution in [0.5, 0.6) is 0 Å². The molecule has 3 heteroatoms. The third-order valence-electron chi connectivity index (χ3n) is 3.16. The van der Waals surface area contributed by atoms with Gasteiger partial charge < -0.3 is 10.1 Å². The molecule has 1 aliphatic heterocycles. The fraction of sp³-hybridized carbons (Fsp3) is 0.500. The van der Waals surface area contributed by atoms with Crippen molar-refractivity contribution < 1.29 is 5.21 Å². The Hall–Kier alpha value is -0.900. The van der Waals surface area contributed by atoms with Crippen molar-refractivity contribution in [3.05, 3.63) is 35.4 Å². The van der Waals surface area contributed by atoms with Gasteiger partial charge in [0.25, 0.3) is 0 Å². The molecule has 1 saturated heterocycles. The van der Waals surface area contributed by atoms with Crippen LogP contribution in [0.3, 0.4) is 0 Å². The third-order valence-corrected chi connectivity index (χ3v) is 3.16. The predicted octanol–water partition coefficient (Wildman–Crippen LogP) is 1.58. The highest BCUT2D eigenvalue weighted by Crippen LogP contribution is 2.28. The quantitative estimate of drug-likeness (QED) is 0.737. The van der Waals surface area contributed by atoms with Crippen LogP contribution >= 0.6 is 0 Å². The van der Waals surface area contributed by atoms with E-state index in [0.717, 1.165) is 6.54 Å². The van der Waals surface area contributed by atoms with Crippen LogP contribution < -0.4 is 5.48 Å². The molecule has 1 aromatic carbocycles. The fourth-order valence-corrected chi connectivity index (χ4v) is 2.37. The van der Waals surface area contributed by atoms with E-state index < -0.39 is 0 Å². The van der Waals surface area contributed by atoms with Crippen LogP contribution in [0.4, 0.5) is 0 Å². The average molecular weight is 206 g/mol. The van der Waals surface area contributed by atoms with Crippen molar-refractivity contribution in [1.82, 2.24) is 10.4 Å². The van der Waals surface area contributed by atoms with Crippen molar-refractivity contribution in [2.24, 2.45) is 0 Å². The van der Waals surface area contributed by atoms with Crippen molar-refractivity contribution in [3.63, 3.8) is 0 Å². The maximum atomic E-state index is 8.78. The minimum Gasteiger partial charge on any atom is -0.316 e. The molecule has 3 nitrogen and oxygen atoms in total. The summed E-state index contributed by atoms with van der Waals surface area (Å²) in [6.45, 7) is 2.84. The number of benzene rings is 1. The molecule has 1 atom stereocenters. The first-order valence-electron chi connectivity index (χ1n) is 5.44. The van der Waals surface area contributed by atoms with Gasteiger partial charge in [-0.25, -0.2) is 5.48 Å². The van der Waals surface area contributed by atoms with Gasteiger partial charge in [0, 0.05) is 13.1 Å². The zero-order valence-electron chi connectivity index (χ0n) is 9.11. The minimum atomic E-state index is 0.538. The third kappa shape index (κ3) is 2.37. The van der Waals surface area contributed by atoms with Crippen LogP contribution in [0, 0.1) is 0 Å². The summed E-state index contributed by atoms with van der Waals surface area (Å²) in [7, 11) is 2.16. The number of likely N-dealkylation sites (N-methyl/N-ethyl adjacent to an activating group) is 1. The summed E-state index contributed by atoms with van der Waals surface area (Å²) in [5, 5.41) is 8.78. The van der Waals surface area contributed by atoms with Gasteiger partial charge in [-0.3, -0.25) is 0 Å². The lowest BCUT2D eigenvalue weighted by Crippen LogP contribution is -2.15. The van der Waals surface area contributed by atoms with Gasteiger partial charge >= 0.3 is 0 Å². The first-order valence-corrected chi connectivity index (χ1v) is 5.44. The monoisotopic (exact) mass is 206 g/mol. The maximum Gasteiger partial charge on any atom is 0.0460 e. The highest BCUT2D eigenvalue weighted by molar-refractivity contribution is 5.31. The van der Waals surface area contributed by atoms with Crippen LogP contribution in [0.2, 0.25) is 0 Å². The Labute approximate surface area is 90.7 Å². The molecule has 0 amide bonds. The molecular formula is C12H18N2O. The van der Waals surface area contributed by atoms with Crippen molar-refractivity contribution in [2.75, 3.05) is 20.1 Å². The van der Waals surface area contributed by atoms with E-state index in [1.165, 1.54) is 24.1 Å². The molecule has 0 aromatic heterocycles. The summed E-state index contributed by atoms with van der Waals surface area (Å²) < 4.78 is 0. The zero-order valence-corrected chi connectivity index (χ0v) is 9.11. The lowest BCUT2D eigenvalue weighted by molar-refractivity contribution is 0.161. The first-order chi connectivity index (χ1) is 7.31. The summed E-state index contributed by atoms with van der Waals surface area (Å²) in [6, 6.07) is 8.36. The number of hydroxylamine groups is 1. The van der Waals surface area contributed by atoms with Crippen molar-refractivity contribution in [3.8, 4) is 0 Å². The van der Waals surface area contributed by atoms with E-state index >= 15 is 0 Å². The first kappa shape index (κ1) is 10.6. The summed E-state index contributed by atoms with van der Waals surface area (Å²) in [4.78, 5) is 2.35. The molecule has 0 saturated carbocycles. The second-order valence-corrected chi connectivity index (χ2v) is 4.28. The zero-order chi connectivity index (χ0) is 10.7. The molecule has 1 heterocycles. The van der Waals surface area contributed by atoms with E-state index in [1.54, 1.807) is 0 Å². The largest absolute Gasteiger partial charge is 0.316 e. The minimum absolute atomic E-state index is 0.538. The van der Waals surface area contributed by atoms with Gasteiger partial charge in [0.1, 0.15) is 0 Å². The second kappa shape index (κ2) is 4.75. The highest BCUT2D eigenvalue weighted by Gasteiger charge is 2.22. The van der Waals surface area contributed by atoms with Crippen molar-refractivity contribution in [2.45, 2.75) is 18.9 Å². The SMILES string of the molecule is CN1CCC(c2ccccc2CNO)C1. The Morgan fingerprint density at radius 3 is 2.93 bits per heavy atom. The summed E-state index contributed by atoms with van der Waals surface area (Å²) in [5.41, 5.74) is 4.83. The molecule has 1 aliphatic rings. The molecule has 1 fully saturated rings. The Balaban J connectivity index is 2.19. The molecule has 0 bridgehead atoms. The van der Waals surface area contributed by atoms with Crippen LogP contribution in [0.25, 0.3) is 0 Å². The van der Waals surface area contributed by atoms with Crippen LogP contribution in [0.1, 0.15) is 23.5 Å². The van der Waals surface area contributed by atoms with Gasteiger partial charge in [-0.05, 0) is 37.1 Å². The second-order valence-electron chi connectivity index (χ2n) is 4.28. The van der Waals surface area contributed by atoms with Gasteiger partial charge in [0.15, 0.2) is 0 Å². The Bertz CT molecular complexity index is 327. The molecule has 0 radical (unpaired) electrons. The fourth-order valence-electron chi connectivity index (χ4n) is 2.37. The lowest BCUT2D eigenvalue weighted by atomic mass is 9.93. The van der Waals surface area contributed by atoms with E-state index in [9.17, 15) is 0 Å². The van der Waals surface area contributed by atoms with Crippen molar-refractivity contribution >= 4 is 0 Å². The molecule has 2 rings (SSSR count). The van der Waals surface area contributed by atoms with Crippen LogP contribution in [0.15, 0.2) is 24.3 Å². The van der Waals surface area contributed by atoms with Crippen LogP contribution in [-0.4, -0.2) is 30.2 Å².